The van der Waals surface area contributed by atoms with Gasteiger partial charge in [0, 0.05) is 17.7 Å². The minimum absolute atomic E-state index is 0.0131. The summed E-state index contributed by atoms with van der Waals surface area (Å²) in [5.41, 5.74) is 5.42. The smallest absolute Gasteiger partial charge is 0.269 e. The Kier molecular flexibility index (Phi) is 2.55. The van der Waals surface area contributed by atoms with Gasteiger partial charge in [0.05, 0.1) is 10.6 Å². The first kappa shape index (κ1) is 12.3. The summed E-state index contributed by atoms with van der Waals surface area (Å²) in [5, 5.41) is 21.8. The average Bonchev–Trinajstić information content (AvgIpc) is 2.72. The van der Waals surface area contributed by atoms with Gasteiger partial charge in [-0.25, -0.2) is 4.99 Å². The standard InChI is InChI=1S/C14H11N3O3/c15-13-14(18,9-4-2-1-3-5-9)11-8-10(17(19)20)6-7-12(11)16-13/h1-8,18H,(H2,15,16). The van der Waals surface area contributed by atoms with E-state index in [2.05, 4.69) is 4.99 Å². The van der Waals surface area contributed by atoms with Crippen LogP contribution < -0.4 is 5.73 Å². The van der Waals surface area contributed by atoms with E-state index >= 15 is 0 Å². The molecule has 0 bridgehead atoms. The quantitative estimate of drug-likeness (QED) is 0.641. The van der Waals surface area contributed by atoms with Crippen molar-refractivity contribution in [3.8, 4) is 0 Å². The minimum atomic E-state index is -1.62. The number of hydrogen-bond acceptors (Lipinski definition) is 5. The van der Waals surface area contributed by atoms with Crippen LogP contribution in [0.15, 0.2) is 53.5 Å². The molecule has 0 fully saturated rings. The molecule has 1 heterocycles. The molecule has 1 unspecified atom stereocenters. The van der Waals surface area contributed by atoms with Crippen LogP contribution in [0.25, 0.3) is 0 Å². The number of aliphatic imine (C=N–C) groups is 1. The second kappa shape index (κ2) is 4.14. The number of nitrogens with two attached hydrogens (primary N) is 1. The Balaban J connectivity index is 2.23. The van der Waals surface area contributed by atoms with Crippen LogP contribution >= 0.6 is 0 Å². The first-order valence-electron chi connectivity index (χ1n) is 5.95. The van der Waals surface area contributed by atoms with Gasteiger partial charge in [-0.2, -0.15) is 0 Å². The molecular weight excluding hydrogens is 258 g/mol. The molecule has 0 radical (unpaired) electrons. The number of non-ortho nitro benzene ring substituents is 1. The topological polar surface area (TPSA) is 102 Å². The van der Waals surface area contributed by atoms with E-state index in [-0.39, 0.29) is 11.5 Å². The second-order valence-electron chi connectivity index (χ2n) is 4.53. The number of rotatable bonds is 2. The normalized spacial score (nSPS) is 20.4. The van der Waals surface area contributed by atoms with Gasteiger partial charge in [0.1, 0.15) is 5.84 Å². The molecule has 3 rings (SSSR count). The summed E-state index contributed by atoms with van der Waals surface area (Å²) in [4.78, 5) is 14.5. The van der Waals surface area contributed by atoms with Gasteiger partial charge in [0.25, 0.3) is 5.69 Å². The fourth-order valence-electron chi connectivity index (χ4n) is 2.36. The van der Waals surface area contributed by atoms with Gasteiger partial charge in [-0.1, -0.05) is 30.3 Å². The Morgan fingerprint density at radius 2 is 1.90 bits per heavy atom. The van der Waals surface area contributed by atoms with Crippen LogP contribution in [0.3, 0.4) is 0 Å². The van der Waals surface area contributed by atoms with E-state index in [4.69, 9.17) is 5.73 Å². The number of hydrogen-bond donors (Lipinski definition) is 2. The zero-order chi connectivity index (χ0) is 14.3. The Morgan fingerprint density at radius 3 is 2.55 bits per heavy atom. The molecular formula is C14H11N3O3. The summed E-state index contributed by atoms with van der Waals surface area (Å²) in [5.74, 6) is 0.0131. The van der Waals surface area contributed by atoms with Gasteiger partial charge < -0.3 is 10.8 Å². The highest BCUT2D eigenvalue weighted by molar-refractivity contribution is 6.00. The van der Waals surface area contributed by atoms with Gasteiger partial charge in [0.15, 0.2) is 5.60 Å². The van der Waals surface area contributed by atoms with Crippen molar-refractivity contribution in [2.75, 3.05) is 0 Å². The van der Waals surface area contributed by atoms with Crippen LogP contribution in [0.2, 0.25) is 0 Å². The maximum Gasteiger partial charge on any atom is 0.269 e. The van der Waals surface area contributed by atoms with Crippen LogP contribution in [-0.2, 0) is 5.60 Å². The number of aliphatic hydroxyl groups is 1. The van der Waals surface area contributed by atoms with Crippen molar-refractivity contribution < 1.29 is 10.0 Å². The number of nitro groups is 1. The summed E-state index contributed by atoms with van der Waals surface area (Å²) < 4.78 is 0. The lowest BCUT2D eigenvalue weighted by Gasteiger charge is -2.24. The summed E-state index contributed by atoms with van der Waals surface area (Å²) in [6.45, 7) is 0. The molecule has 0 aliphatic carbocycles. The Morgan fingerprint density at radius 1 is 1.20 bits per heavy atom. The molecule has 0 aromatic heterocycles. The molecule has 3 N–H and O–H groups in total. The van der Waals surface area contributed by atoms with Crippen LogP contribution in [0, 0.1) is 10.1 Å². The molecule has 100 valence electrons. The Hall–Kier alpha value is -2.73. The van der Waals surface area contributed by atoms with Crippen molar-refractivity contribution >= 4 is 17.2 Å². The average molecular weight is 269 g/mol. The van der Waals surface area contributed by atoms with Crippen LogP contribution in [0.4, 0.5) is 11.4 Å². The van der Waals surface area contributed by atoms with Gasteiger partial charge in [-0.05, 0) is 11.6 Å². The van der Waals surface area contributed by atoms with E-state index in [1.807, 2.05) is 6.07 Å². The van der Waals surface area contributed by atoms with Crippen LogP contribution in [0.1, 0.15) is 11.1 Å². The number of benzene rings is 2. The third kappa shape index (κ3) is 1.59. The zero-order valence-corrected chi connectivity index (χ0v) is 10.4. The number of nitrogens with zero attached hydrogens (tertiary/aromatic N) is 2. The predicted octanol–water partition coefficient (Wildman–Crippen LogP) is 1.83. The largest absolute Gasteiger partial charge is 0.384 e. The molecule has 6 nitrogen and oxygen atoms in total. The third-order valence-corrected chi connectivity index (χ3v) is 3.38. The lowest BCUT2D eigenvalue weighted by atomic mass is 9.86. The van der Waals surface area contributed by atoms with Crippen molar-refractivity contribution in [2.24, 2.45) is 10.7 Å². The SMILES string of the molecule is NC1=Nc2ccc([N+](=O)[O-])cc2C1(O)c1ccccc1. The highest BCUT2D eigenvalue weighted by Gasteiger charge is 2.43. The monoisotopic (exact) mass is 269 g/mol. The molecule has 20 heavy (non-hydrogen) atoms. The molecule has 1 aliphatic heterocycles. The lowest BCUT2D eigenvalue weighted by Crippen LogP contribution is -2.39. The van der Waals surface area contributed by atoms with E-state index < -0.39 is 10.5 Å². The summed E-state index contributed by atoms with van der Waals surface area (Å²) in [6, 6.07) is 12.9. The highest BCUT2D eigenvalue weighted by atomic mass is 16.6. The number of fused-ring (bicyclic) bond motifs is 1. The van der Waals surface area contributed by atoms with Gasteiger partial charge >= 0.3 is 0 Å². The molecule has 2 aromatic carbocycles. The predicted molar refractivity (Wildman–Crippen MR) is 73.8 cm³/mol. The van der Waals surface area contributed by atoms with E-state index in [9.17, 15) is 15.2 Å². The molecule has 2 aromatic rings. The maximum absolute atomic E-state index is 10.9. The van der Waals surface area contributed by atoms with E-state index in [0.29, 0.717) is 16.8 Å². The molecule has 0 amide bonds. The fourth-order valence-corrected chi connectivity index (χ4v) is 2.36. The molecule has 0 spiro atoms. The lowest BCUT2D eigenvalue weighted by molar-refractivity contribution is -0.385. The fraction of sp³-hybridized carbons (Fsp3) is 0.0714. The number of amidine groups is 1. The van der Waals surface area contributed by atoms with Gasteiger partial charge in [-0.15, -0.1) is 0 Å². The van der Waals surface area contributed by atoms with E-state index in [0.717, 1.165) is 0 Å². The second-order valence-corrected chi connectivity index (χ2v) is 4.53. The first-order valence-corrected chi connectivity index (χ1v) is 5.95. The van der Waals surface area contributed by atoms with Crippen LogP contribution in [-0.4, -0.2) is 15.9 Å². The van der Waals surface area contributed by atoms with Crippen molar-refractivity contribution in [1.82, 2.24) is 0 Å². The summed E-state index contributed by atoms with van der Waals surface area (Å²) in [6.07, 6.45) is 0. The van der Waals surface area contributed by atoms with E-state index in [1.165, 1.54) is 18.2 Å². The van der Waals surface area contributed by atoms with Crippen molar-refractivity contribution in [3.05, 3.63) is 69.8 Å². The Bertz CT molecular complexity index is 728. The summed E-state index contributed by atoms with van der Waals surface area (Å²) >= 11 is 0. The van der Waals surface area contributed by atoms with Gasteiger partial charge in [-0.3, -0.25) is 10.1 Å². The zero-order valence-electron chi connectivity index (χ0n) is 10.4. The molecule has 1 aliphatic rings. The van der Waals surface area contributed by atoms with Crippen molar-refractivity contribution in [1.29, 1.82) is 0 Å². The number of nitro benzene ring substituents is 1. The Labute approximate surface area is 114 Å². The minimum Gasteiger partial charge on any atom is -0.384 e. The van der Waals surface area contributed by atoms with Crippen molar-refractivity contribution in [2.45, 2.75) is 5.60 Å². The molecule has 6 heteroatoms. The highest BCUT2D eigenvalue weighted by Crippen LogP contribution is 2.43. The van der Waals surface area contributed by atoms with Crippen molar-refractivity contribution in [3.63, 3.8) is 0 Å². The molecule has 1 atom stereocenters. The van der Waals surface area contributed by atoms with Gasteiger partial charge in [0.2, 0.25) is 0 Å². The third-order valence-electron chi connectivity index (χ3n) is 3.38. The van der Waals surface area contributed by atoms with Crippen LogP contribution in [0.5, 0.6) is 0 Å². The molecule has 0 saturated carbocycles. The maximum atomic E-state index is 10.9. The first-order chi connectivity index (χ1) is 9.53. The van der Waals surface area contributed by atoms with E-state index in [1.54, 1.807) is 24.3 Å². The summed E-state index contributed by atoms with van der Waals surface area (Å²) in [7, 11) is 0. The molecule has 0 saturated heterocycles.